The molecule has 0 spiro atoms. The summed E-state index contributed by atoms with van der Waals surface area (Å²) in [6, 6.07) is -0.119. The molecule has 1 unspecified atom stereocenters. The van der Waals surface area contributed by atoms with Gasteiger partial charge in [-0.3, -0.25) is 0 Å². The number of nitrogens with one attached hydrogen (secondary N) is 1. The van der Waals surface area contributed by atoms with Crippen LogP contribution in [0.5, 0.6) is 0 Å². The number of hydrogen-bond donors (Lipinski definition) is 1. The maximum absolute atomic E-state index is 11.1. The van der Waals surface area contributed by atoms with Gasteiger partial charge in [0.25, 0.3) is 0 Å². The highest BCUT2D eigenvalue weighted by atomic mass is 32.2. The highest BCUT2D eigenvalue weighted by Crippen LogP contribution is 2.08. The first-order valence-corrected chi connectivity index (χ1v) is 6.25. The molecule has 0 aromatic carbocycles. The Kier molecular flexibility index (Phi) is 2.57. The fourth-order valence-corrected chi connectivity index (χ4v) is 2.66. The van der Waals surface area contributed by atoms with E-state index in [2.05, 4.69) is 15.5 Å². The lowest BCUT2D eigenvalue weighted by Crippen LogP contribution is -2.30. The SMILES string of the molecule is Cn1cnnc1CNC1C=CS(=O)(=O)C1. The summed E-state index contributed by atoms with van der Waals surface area (Å²) in [7, 11) is -1.14. The highest BCUT2D eigenvalue weighted by molar-refractivity contribution is 7.94. The minimum absolute atomic E-state index is 0.119. The molecule has 7 heteroatoms. The molecule has 2 rings (SSSR count). The molecule has 1 aliphatic rings. The van der Waals surface area contributed by atoms with Gasteiger partial charge in [0.15, 0.2) is 9.84 Å². The molecule has 1 aromatic rings. The average molecular weight is 228 g/mol. The lowest BCUT2D eigenvalue weighted by molar-refractivity contribution is 0.578. The summed E-state index contributed by atoms with van der Waals surface area (Å²) in [4.78, 5) is 0. The third-order valence-electron chi connectivity index (χ3n) is 2.26. The van der Waals surface area contributed by atoms with E-state index in [1.807, 2.05) is 7.05 Å². The van der Waals surface area contributed by atoms with Gasteiger partial charge in [0, 0.05) is 18.5 Å². The fourth-order valence-electron chi connectivity index (χ4n) is 1.39. The van der Waals surface area contributed by atoms with Gasteiger partial charge >= 0.3 is 0 Å². The van der Waals surface area contributed by atoms with Gasteiger partial charge in [-0.05, 0) is 0 Å². The zero-order valence-electron chi connectivity index (χ0n) is 8.29. The van der Waals surface area contributed by atoms with E-state index in [-0.39, 0.29) is 11.8 Å². The second-order valence-corrected chi connectivity index (χ2v) is 5.43. The summed E-state index contributed by atoms with van der Waals surface area (Å²) in [6.07, 6.45) is 3.27. The molecule has 2 heterocycles. The smallest absolute Gasteiger partial charge is 0.173 e. The largest absolute Gasteiger partial charge is 0.320 e. The number of hydrogen-bond acceptors (Lipinski definition) is 5. The second kappa shape index (κ2) is 3.74. The molecule has 82 valence electrons. The Balaban J connectivity index is 1.91. The van der Waals surface area contributed by atoms with Gasteiger partial charge in [0.1, 0.15) is 12.2 Å². The minimum atomic E-state index is -2.98. The molecular formula is C8H12N4O2S. The van der Waals surface area contributed by atoms with Gasteiger partial charge in [0.05, 0.1) is 12.3 Å². The maximum atomic E-state index is 11.1. The normalized spacial score (nSPS) is 23.4. The summed E-state index contributed by atoms with van der Waals surface area (Å²) in [6.45, 7) is 0.515. The van der Waals surface area contributed by atoms with Gasteiger partial charge in [-0.1, -0.05) is 6.08 Å². The van der Waals surface area contributed by atoms with Crippen molar-refractivity contribution in [1.82, 2.24) is 20.1 Å². The van der Waals surface area contributed by atoms with Crippen molar-refractivity contribution >= 4 is 9.84 Å². The Morgan fingerprint density at radius 2 is 2.47 bits per heavy atom. The quantitative estimate of drug-likeness (QED) is 0.734. The lowest BCUT2D eigenvalue weighted by Gasteiger charge is -2.08. The van der Waals surface area contributed by atoms with Crippen LogP contribution in [0.1, 0.15) is 5.82 Å². The zero-order chi connectivity index (χ0) is 10.9. The molecular weight excluding hydrogens is 216 g/mol. The van der Waals surface area contributed by atoms with E-state index in [1.54, 1.807) is 17.0 Å². The molecule has 6 nitrogen and oxygen atoms in total. The first kappa shape index (κ1) is 10.3. The second-order valence-electron chi connectivity index (χ2n) is 3.50. The molecule has 1 aliphatic heterocycles. The lowest BCUT2D eigenvalue weighted by atomic mass is 10.3. The Hall–Kier alpha value is -1.21. The predicted molar refractivity (Wildman–Crippen MR) is 54.6 cm³/mol. The highest BCUT2D eigenvalue weighted by Gasteiger charge is 2.21. The van der Waals surface area contributed by atoms with Crippen LogP contribution >= 0.6 is 0 Å². The van der Waals surface area contributed by atoms with Gasteiger partial charge in [-0.2, -0.15) is 0 Å². The molecule has 0 aliphatic carbocycles. The van der Waals surface area contributed by atoms with Crippen LogP contribution in [0.4, 0.5) is 0 Å². The summed E-state index contributed by atoms with van der Waals surface area (Å²) < 4.78 is 24.0. The number of aromatic nitrogens is 3. The van der Waals surface area contributed by atoms with E-state index < -0.39 is 9.84 Å². The Morgan fingerprint density at radius 1 is 1.67 bits per heavy atom. The van der Waals surface area contributed by atoms with Crippen molar-refractivity contribution in [3.63, 3.8) is 0 Å². The molecule has 1 atom stereocenters. The third-order valence-corrected chi connectivity index (χ3v) is 3.65. The van der Waals surface area contributed by atoms with Crippen molar-refractivity contribution in [2.75, 3.05) is 5.75 Å². The van der Waals surface area contributed by atoms with Crippen molar-refractivity contribution < 1.29 is 8.42 Å². The molecule has 0 radical (unpaired) electrons. The van der Waals surface area contributed by atoms with Crippen LogP contribution in [0, 0.1) is 0 Å². The van der Waals surface area contributed by atoms with E-state index in [0.717, 1.165) is 5.82 Å². The van der Waals surface area contributed by atoms with Crippen molar-refractivity contribution in [1.29, 1.82) is 0 Å². The molecule has 0 fully saturated rings. The summed E-state index contributed by atoms with van der Waals surface area (Å²) in [5.74, 6) is 0.915. The van der Waals surface area contributed by atoms with E-state index in [9.17, 15) is 8.42 Å². The van der Waals surface area contributed by atoms with Crippen LogP contribution in [0.25, 0.3) is 0 Å². The molecule has 0 saturated carbocycles. The number of nitrogens with zero attached hydrogens (tertiary/aromatic N) is 3. The van der Waals surface area contributed by atoms with E-state index in [0.29, 0.717) is 6.54 Å². The van der Waals surface area contributed by atoms with Gasteiger partial charge in [-0.15, -0.1) is 10.2 Å². The first-order valence-electron chi connectivity index (χ1n) is 4.54. The zero-order valence-corrected chi connectivity index (χ0v) is 9.11. The summed E-state index contributed by atoms with van der Waals surface area (Å²) in [5.41, 5.74) is 0. The first-order chi connectivity index (χ1) is 7.07. The number of aryl methyl sites for hydroxylation is 1. The minimum Gasteiger partial charge on any atom is -0.320 e. The fraction of sp³-hybridized carbons (Fsp3) is 0.500. The molecule has 0 saturated heterocycles. The van der Waals surface area contributed by atoms with E-state index in [1.165, 1.54) is 5.41 Å². The Labute approximate surface area is 87.9 Å². The number of rotatable bonds is 3. The third kappa shape index (κ3) is 2.42. The standard InChI is InChI=1S/C8H12N4O2S/c1-12-6-10-11-8(12)4-9-7-2-3-15(13,14)5-7/h2-3,6-7,9H,4-5H2,1H3. The van der Waals surface area contributed by atoms with Crippen molar-refractivity contribution in [3.05, 3.63) is 23.6 Å². The summed E-state index contributed by atoms with van der Waals surface area (Å²) in [5, 5.41) is 12.0. The Morgan fingerprint density at radius 3 is 3.00 bits per heavy atom. The van der Waals surface area contributed by atoms with Crippen molar-refractivity contribution in [2.45, 2.75) is 12.6 Å². The van der Waals surface area contributed by atoms with Crippen LogP contribution in [0.2, 0.25) is 0 Å². The van der Waals surface area contributed by atoms with Crippen molar-refractivity contribution in [2.24, 2.45) is 7.05 Å². The van der Waals surface area contributed by atoms with Crippen molar-refractivity contribution in [3.8, 4) is 0 Å². The maximum Gasteiger partial charge on any atom is 0.173 e. The topological polar surface area (TPSA) is 76.9 Å². The monoisotopic (exact) mass is 228 g/mol. The van der Waals surface area contributed by atoms with Crippen LogP contribution in [0.3, 0.4) is 0 Å². The van der Waals surface area contributed by atoms with Gasteiger partial charge < -0.3 is 9.88 Å². The van der Waals surface area contributed by atoms with Crippen LogP contribution in [-0.4, -0.2) is 35.0 Å². The number of sulfone groups is 1. The van der Waals surface area contributed by atoms with Crippen LogP contribution in [0.15, 0.2) is 17.8 Å². The van der Waals surface area contributed by atoms with Gasteiger partial charge in [-0.25, -0.2) is 8.42 Å². The molecule has 0 amide bonds. The van der Waals surface area contributed by atoms with Gasteiger partial charge in [0.2, 0.25) is 0 Å². The Bertz CT molecular complexity index is 477. The van der Waals surface area contributed by atoms with E-state index >= 15 is 0 Å². The molecule has 0 bridgehead atoms. The van der Waals surface area contributed by atoms with Crippen LogP contribution in [-0.2, 0) is 23.4 Å². The summed E-state index contributed by atoms with van der Waals surface area (Å²) >= 11 is 0. The molecule has 1 N–H and O–H groups in total. The predicted octanol–water partition coefficient (Wildman–Crippen LogP) is -0.785. The van der Waals surface area contributed by atoms with E-state index in [4.69, 9.17) is 0 Å². The van der Waals surface area contributed by atoms with Crippen LogP contribution < -0.4 is 5.32 Å². The molecule has 15 heavy (non-hydrogen) atoms. The average Bonchev–Trinajstić information content (AvgIpc) is 2.69. The molecule has 1 aromatic heterocycles.